The molecule has 0 aliphatic rings. The lowest BCUT2D eigenvalue weighted by Crippen LogP contribution is -2.05. The van der Waals surface area contributed by atoms with E-state index in [-0.39, 0.29) is 21.8 Å². The summed E-state index contributed by atoms with van der Waals surface area (Å²) in [6.07, 6.45) is 0. The maximum Gasteiger partial charge on any atom is 0.346 e. The van der Waals surface area contributed by atoms with E-state index in [0.717, 1.165) is 6.07 Å². The molecular weight excluding hydrogens is 325 g/mol. The first-order valence-corrected chi connectivity index (χ1v) is 6.03. The van der Waals surface area contributed by atoms with Crippen LogP contribution in [0.25, 0.3) is 0 Å². The number of aromatic carboxylic acids is 1. The molecule has 10 heteroatoms. The zero-order valence-corrected chi connectivity index (χ0v) is 11.5. The Bertz CT molecular complexity index is 738. The van der Waals surface area contributed by atoms with Crippen LogP contribution in [0.2, 0.25) is 10.3 Å². The van der Waals surface area contributed by atoms with E-state index in [1.165, 1.54) is 18.2 Å². The Balaban J connectivity index is 2.54. The third kappa shape index (κ3) is 3.18. The molecule has 21 heavy (non-hydrogen) atoms. The van der Waals surface area contributed by atoms with E-state index in [1.54, 1.807) is 0 Å². The van der Waals surface area contributed by atoms with Gasteiger partial charge in [-0.1, -0.05) is 29.3 Å². The van der Waals surface area contributed by atoms with Crippen molar-refractivity contribution in [2.45, 2.75) is 0 Å². The molecule has 1 heterocycles. The maximum absolute atomic E-state index is 11.2. The summed E-state index contributed by atoms with van der Waals surface area (Å²) in [5.41, 5.74) is -1.21. The van der Waals surface area contributed by atoms with Crippen molar-refractivity contribution < 1.29 is 19.6 Å². The SMILES string of the molecule is O=C(O)c1c(Oc2cc(Cl)nnc2Cl)cccc1[N+](=O)[O-]. The highest BCUT2D eigenvalue weighted by Gasteiger charge is 2.25. The number of carboxylic acid groups (broad SMARTS) is 1. The number of aromatic nitrogens is 2. The number of rotatable bonds is 4. The number of ether oxygens (including phenoxy) is 1. The Hall–Kier alpha value is -2.45. The molecule has 0 atom stereocenters. The highest BCUT2D eigenvalue weighted by Crippen LogP contribution is 2.34. The van der Waals surface area contributed by atoms with Gasteiger partial charge in [-0.2, -0.15) is 0 Å². The molecule has 0 spiro atoms. The Labute approximate surface area is 127 Å². The van der Waals surface area contributed by atoms with Crippen molar-refractivity contribution in [1.29, 1.82) is 0 Å². The van der Waals surface area contributed by atoms with Crippen LogP contribution in [-0.2, 0) is 0 Å². The topological polar surface area (TPSA) is 115 Å². The van der Waals surface area contributed by atoms with Gasteiger partial charge in [-0.3, -0.25) is 10.1 Å². The van der Waals surface area contributed by atoms with Gasteiger partial charge >= 0.3 is 5.97 Å². The summed E-state index contributed by atoms with van der Waals surface area (Å²) in [6.45, 7) is 0. The summed E-state index contributed by atoms with van der Waals surface area (Å²) in [5.74, 6) is -1.84. The molecule has 0 saturated heterocycles. The van der Waals surface area contributed by atoms with E-state index in [9.17, 15) is 14.9 Å². The third-order valence-electron chi connectivity index (χ3n) is 2.32. The van der Waals surface area contributed by atoms with Gasteiger partial charge in [0.2, 0.25) is 0 Å². The number of carbonyl (C=O) groups is 1. The molecule has 0 fully saturated rings. The molecule has 1 aromatic carbocycles. The third-order valence-corrected chi connectivity index (χ3v) is 2.77. The average molecular weight is 330 g/mol. The fourth-order valence-electron chi connectivity index (χ4n) is 1.50. The Kier molecular flexibility index (Phi) is 4.20. The Morgan fingerprint density at radius 2 is 2.00 bits per heavy atom. The zero-order valence-electron chi connectivity index (χ0n) is 9.99. The van der Waals surface area contributed by atoms with Gasteiger partial charge in [0.15, 0.2) is 21.6 Å². The van der Waals surface area contributed by atoms with Crippen LogP contribution in [0.1, 0.15) is 10.4 Å². The molecule has 1 aromatic heterocycles. The second-order valence-corrected chi connectivity index (χ2v) is 4.38. The predicted molar refractivity (Wildman–Crippen MR) is 72.2 cm³/mol. The second kappa shape index (κ2) is 5.90. The van der Waals surface area contributed by atoms with Crippen LogP contribution in [0.5, 0.6) is 11.5 Å². The minimum absolute atomic E-state index is 0.0308. The summed E-state index contributed by atoms with van der Waals surface area (Å²) in [4.78, 5) is 21.3. The summed E-state index contributed by atoms with van der Waals surface area (Å²) in [5, 5.41) is 26.7. The first-order chi connectivity index (χ1) is 9.90. The van der Waals surface area contributed by atoms with Crippen molar-refractivity contribution in [1.82, 2.24) is 10.2 Å². The number of carboxylic acids is 1. The van der Waals surface area contributed by atoms with E-state index in [4.69, 9.17) is 33.0 Å². The fourth-order valence-corrected chi connectivity index (χ4v) is 1.77. The van der Waals surface area contributed by atoms with Gasteiger partial charge < -0.3 is 9.84 Å². The molecule has 2 rings (SSSR count). The van der Waals surface area contributed by atoms with Gasteiger partial charge in [0.1, 0.15) is 5.75 Å². The van der Waals surface area contributed by atoms with E-state index < -0.39 is 22.1 Å². The van der Waals surface area contributed by atoms with Crippen molar-refractivity contribution in [2.75, 3.05) is 0 Å². The van der Waals surface area contributed by atoms with E-state index >= 15 is 0 Å². The normalized spacial score (nSPS) is 10.2. The molecular formula is C11H5Cl2N3O5. The zero-order chi connectivity index (χ0) is 15.6. The molecule has 8 nitrogen and oxygen atoms in total. The highest BCUT2D eigenvalue weighted by atomic mass is 35.5. The average Bonchev–Trinajstić information content (AvgIpc) is 2.42. The summed E-state index contributed by atoms with van der Waals surface area (Å²) in [7, 11) is 0. The molecule has 0 saturated carbocycles. The standard InChI is InChI=1S/C11H5Cl2N3O5/c12-8-4-7(10(13)15-14-8)21-6-3-1-2-5(16(19)20)9(6)11(17)18/h1-4H,(H,17,18). The van der Waals surface area contributed by atoms with E-state index in [1.807, 2.05) is 0 Å². The molecule has 0 unspecified atom stereocenters. The molecule has 0 radical (unpaired) electrons. The lowest BCUT2D eigenvalue weighted by Gasteiger charge is -2.09. The number of nitro groups is 1. The second-order valence-electron chi connectivity index (χ2n) is 3.64. The van der Waals surface area contributed by atoms with Crippen LogP contribution < -0.4 is 4.74 Å². The van der Waals surface area contributed by atoms with Crippen molar-refractivity contribution in [3.05, 3.63) is 50.2 Å². The lowest BCUT2D eigenvalue weighted by atomic mass is 10.1. The van der Waals surface area contributed by atoms with Crippen molar-refractivity contribution in [3.8, 4) is 11.5 Å². The molecule has 0 aliphatic carbocycles. The van der Waals surface area contributed by atoms with Gasteiger partial charge in [0.05, 0.1) is 4.92 Å². The first kappa shape index (κ1) is 14.9. The van der Waals surface area contributed by atoms with Gasteiger partial charge in [0.25, 0.3) is 5.69 Å². The smallest absolute Gasteiger partial charge is 0.346 e. The lowest BCUT2D eigenvalue weighted by molar-refractivity contribution is -0.385. The minimum Gasteiger partial charge on any atom is -0.477 e. The van der Waals surface area contributed by atoms with Gasteiger partial charge in [0, 0.05) is 12.1 Å². The highest BCUT2D eigenvalue weighted by molar-refractivity contribution is 6.32. The maximum atomic E-state index is 11.2. The molecule has 2 aromatic rings. The first-order valence-electron chi connectivity index (χ1n) is 5.27. The largest absolute Gasteiger partial charge is 0.477 e. The molecule has 0 bridgehead atoms. The summed E-state index contributed by atoms with van der Waals surface area (Å²) < 4.78 is 5.27. The van der Waals surface area contributed by atoms with Crippen molar-refractivity contribution in [2.24, 2.45) is 0 Å². The van der Waals surface area contributed by atoms with Crippen LogP contribution in [0.3, 0.4) is 0 Å². The number of benzene rings is 1. The van der Waals surface area contributed by atoms with Crippen molar-refractivity contribution in [3.63, 3.8) is 0 Å². The molecule has 1 N–H and O–H groups in total. The van der Waals surface area contributed by atoms with Crippen LogP contribution in [0.15, 0.2) is 24.3 Å². The number of nitro benzene ring substituents is 1. The molecule has 0 amide bonds. The predicted octanol–water partition coefficient (Wildman–Crippen LogP) is 3.18. The van der Waals surface area contributed by atoms with E-state index in [2.05, 4.69) is 10.2 Å². The van der Waals surface area contributed by atoms with Crippen LogP contribution in [-0.4, -0.2) is 26.2 Å². The van der Waals surface area contributed by atoms with Crippen LogP contribution in [0, 0.1) is 10.1 Å². The monoisotopic (exact) mass is 329 g/mol. The minimum atomic E-state index is -1.51. The van der Waals surface area contributed by atoms with Crippen LogP contribution >= 0.6 is 23.2 Å². The van der Waals surface area contributed by atoms with Gasteiger partial charge in [-0.25, -0.2) is 4.79 Å². The van der Waals surface area contributed by atoms with Crippen LogP contribution in [0.4, 0.5) is 5.69 Å². The fraction of sp³-hybridized carbons (Fsp3) is 0. The number of halogens is 2. The number of hydrogen-bond donors (Lipinski definition) is 1. The Morgan fingerprint density at radius 1 is 1.29 bits per heavy atom. The van der Waals surface area contributed by atoms with Gasteiger partial charge in [-0.15, -0.1) is 10.2 Å². The Morgan fingerprint density at radius 3 is 2.62 bits per heavy atom. The van der Waals surface area contributed by atoms with Crippen molar-refractivity contribution >= 4 is 34.9 Å². The van der Waals surface area contributed by atoms with Gasteiger partial charge in [-0.05, 0) is 6.07 Å². The van der Waals surface area contributed by atoms with E-state index in [0.29, 0.717) is 0 Å². The molecule has 0 aliphatic heterocycles. The number of hydrogen-bond acceptors (Lipinski definition) is 6. The molecule has 108 valence electrons. The quantitative estimate of drug-likeness (QED) is 0.676. The summed E-state index contributed by atoms with van der Waals surface area (Å²) >= 11 is 11.4. The number of nitrogens with zero attached hydrogens (tertiary/aromatic N) is 3. The summed E-state index contributed by atoms with van der Waals surface area (Å²) in [6, 6.07) is 4.79.